The van der Waals surface area contributed by atoms with Crippen molar-refractivity contribution in [3.05, 3.63) is 10.4 Å². The van der Waals surface area contributed by atoms with E-state index in [1.807, 2.05) is 4.91 Å². The van der Waals surface area contributed by atoms with E-state index in [1.54, 1.807) is 0 Å². The summed E-state index contributed by atoms with van der Waals surface area (Å²) >= 11 is 0. The van der Waals surface area contributed by atoms with Crippen LogP contribution in [0.25, 0.3) is 10.4 Å². The minimum atomic E-state index is -3.83. The Hall–Kier alpha value is -1.25. The number of rotatable bonds is 2. The molecule has 0 saturated carbocycles. The van der Waals surface area contributed by atoms with Gasteiger partial charge >= 0.3 is 0 Å². The van der Waals surface area contributed by atoms with Crippen LogP contribution in [0.4, 0.5) is 0 Å². The Bertz CT molecular complexity index is 265. The summed E-state index contributed by atoms with van der Waals surface area (Å²) in [6, 6.07) is 1.34. The molecule has 0 unspecified atom stereocenters. The van der Waals surface area contributed by atoms with Gasteiger partial charge in [-0.1, -0.05) is 0 Å². The lowest BCUT2D eigenvalue weighted by molar-refractivity contribution is 0.600. The highest BCUT2D eigenvalue weighted by molar-refractivity contribution is 7.90. The first-order chi connectivity index (χ1) is 4.12. The minimum absolute atomic E-state index is 0.767. The van der Waals surface area contributed by atoms with Crippen LogP contribution in [-0.2, 0) is 10.0 Å². The molecule has 0 aromatic carbocycles. The summed E-state index contributed by atoms with van der Waals surface area (Å²) in [5, 5.41) is 7.82. The first-order valence-electron chi connectivity index (χ1n) is 1.78. The second kappa shape index (κ2) is 2.91. The van der Waals surface area contributed by atoms with Crippen molar-refractivity contribution in [1.29, 1.82) is 5.26 Å². The lowest BCUT2D eigenvalue weighted by atomic mass is 10.9. The summed E-state index contributed by atoms with van der Waals surface area (Å²) in [7, 11) is -3.83. The van der Waals surface area contributed by atoms with Crippen molar-refractivity contribution in [3.63, 3.8) is 0 Å². The van der Waals surface area contributed by atoms with Crippen LogP contribution in [0.2, 0.25) is 0 Å². The minimum Gasteiger partial charge on any atom is -0.220 e. The summed E-state index contributed by atoms with van der Waals surface area (Å²) in [4.78, 5) is 2.01. The van der Waals surface area contributed by atoms with Crippen LogP contribution < -0.4 is 0 Å². The second-order valence-electron chi connectivity index (χ2n) is 1.06. The smallest absolute Gasteiger partial charge is 0.220 e. The Morgan fingerprint density at radius 3 is 2.67 bits per heavy atom. The van der Waals surface area contributed by atoms with Crippen LogP contribution in [0.5, 0.6) is 0 Å². The second-order valence-corrected chi connectivity index (χ2v) is 2.67. The Kier molecular flexibility index (Phi) is 2.51. The van der Waals surface area contributed by atoms with Gasteiger partial charge in [0.1, 0.15) is 5.75 Å². The number of hydrogen-bond donors (Lipinski definition) is 0. The first-order valence-corrected chi connectivity index (χ1v) is 3.39. The summed E-state index contributed by atoms with van der Waals surface area (Å²) in [5.74, 6) is -0.767. The highest BCUT2D eigenvalue weighted by Crippen LogP contribution is 1.89. The Labute approximate surface area is 51.4 Å². The Morgan fingerprint density at radius 1 is 1.78 bits per heavy atom. The van der Waals surface area contributed by atoms with Gasteiger partial charge < -0.3 is 0 Å². The fraction of sp³-hybridized carbons (Fsp3) is 0.500. The number of hydrogen-bond acceptors (Lipinski definition) is 3. The summed E-state index contributed by atoms with van der Waals surface area (Å²) in [5.41, 5.74) is 7.60. The topological polar surface area (TPSA) is 107 Å². The number of azide groups is 1. The third kappa shape index (κ3) is 3.34. The predicted molar refractivity (Wildman–Crippen MR) is 28.5 cm³/mol. The van der Waals surface area contributed by atoms with Crippen molar-refractivity contribution < 1.29 is 8.42 Å². The molecular weight excluding hydrogens is 144 g/mol. The maximum absolute atomic E-state index is 10.2. The van der Waals surface area contributed by atoms with Gasteiger partial charge in [-0.15, -0.1) is 0 Å². The highest BCUT2D eigenvalue weighted by atomic mass is 32.2. The van der Waals surface area contributed by atoms with E-state index in [-0.39, 0.29) is 0 Å². The monoisotopic (exact) mass is 146 g/mol. The summed E-state index contributed by atoms with van der Waals surface area (Å²) in [6.45, 7) is 0. The molecule has 48 valence electrons. The largest absolute Gasteiger partial charge is 0.248 e. The van der Waals surface area contributed by atoms with Gasteiger partial charge in [0.05, 0.1) is 6.07 Å². The molecule has 0 aromatic rings. The van der Waals surface area contributed by atoms with E-state index >= 15 is 0 Å². The third-order valence-electron chi connectivity index (χ3n) is 0.408. The molecule has 0 aromatic heterocycles. The van der Waals surface area contributed by atoms with E-state index in [9.17, 15) is 8.42 Å². The fourth-order valence-electron chi connectivity index (χ4n) is 0.166. The zero-order valence-corrected chi connectivity index (χ0v) is 5.04. The molecule has 0 radical (unpaired) electrons. The van der Waals surface area contributed by atoms with Crippen molar-refractivity contribution >= 4 is 10.0 Å². The molecule has 0 amide bonds. The van der Waals surface area contributed by atoms with E-state index in [4.69, 9.17) is 10.8 Å². The summed E-state index contributed by atoms with van der Waals surface area (Å²) in [6.07, 6.45) is 0. The van der Waals surface area contributed by atoms with E-state index in [0.29, 0.717) is 0 Å². The molecule has 0 aliphatic carbocycles. The molecule has 0 aliphatic rings. The van der Waals surface area contributed by atoms with Crippen molar-refractivity contribution in [2.75, 3.05) is 5.75 Å². The van der Waals surface area contributed by atoms with Crippen LogP contribution in [-0.4, -0.2) is 14.2 Å². The average molecular weight is 146 g/mol. The van der Waals surface area contributed by atoms with Crippen LogP contribution in [0.3, 0.4) is 0 Å². The van der Waals surface area contributed by atoms with Crippen LogP contribution >= 0.6 is 0 Å². The van der Waals surface area contributed by atoms with Crippen LogP contribution in [0, 0.1) is 11.3 Å². The van der Waals surface area contributed by atoms with Crippen LogP contribution in [0.15, 0.2) is 4.52 Å². The standard InChI is InChI=1S/C2H2N4O2S/c3-1-2-9(7,8)6-5-4/h2H2. The molecule has 0 rings (SSSR count). The molecule has 6 nitrogen and oxygen atoms in total. The molecule has 0 atom stereocenters. The molecule has 0 bridgehead atoms. The molecule has 0 spiro atoms. The number of sulfonamides is 1. The van der Waals surface area contributed by atoms with Gasteiger partial charge in [-0.2, -0.15) is 5.26 Å². The molecule has 0 saturated heterocycles. The van der Waals surface area contributed by atoms with E-state index in [1.165, 1.54) is 6.07 Å². The lowest BCUT2D eigenvalue weighted by Crippen LogP contribution is -1.97. The average Bonchev–Trinajstić information content (AvgIpc) is 1.64. The molecule has 0 heterocycles. The quantitative estimate of drug-likeness (QED) is 0.314. The number of nitriles is 1. The molecule has 0 fully saturated rings. The van der Waals surface area contributed by atoms with Gasteiger partial charge in [0.25, 0.3) is 0 Å². The van der Waals surface area contributed by atoms with Gasteiger partial charge in [0.2, 0.25) is 10.0 Å². The lowest BCUT2D eigenvalue weighted by Gasteiger charge is -1.80. The first kappa shape index (κ1) is 7.75. The maximum atomic E-state index is 10.2. The number of nitrogens with zero attached hydrogens (tertiary/aromatic N) is 4. The van der Waals surface area contributed by atoms with Crippen molar-refractivity contribution in [3.8, 4) is 6.07 Å². The summed E-state index contributed by atoms with van der Waals surface area (Å²) < 4.78 is 22.8. The Balaban J connectivity index is 4.46. The SMILES string of the molecule is N#CCS(=O)(=O)N=[N+]=[N-]. The maximum Gasteiger partial charge on any atom is 0.248 e. The molecule has 9 heavy (non-hydrogen) atoms. The van der Waals surface area contributed by atoms with Crippen LogP contribution in [0.1, 0.15) is 0 Å². The predicted octanol–water partition coefficient (Wildman–Crippen LogP) is 0.150. The normalized spacial score (nSPS) is 9.22. The van der Waals surface area contributed by atoms with E-state index < -0.39 is 15.8 Å². The fourth-order valence-corrected chi connectivity index (χ4v) is 0.498. The third-order valence-corrected chi connectivity index (χ3v) is 1.22. The van der Waals surface area contributed by atoms with Gasteiger partial charge in [-0.05, 0) is 5.53 Å². The van der Waals surface area contributed by atoms with E-state index in [0.717, 1.165) is 0 Å². The van der Waals surface area contributed by atoms with E-state index in [2.05, 4.69) is 4.52 Å². The highest BCUT2D eigenvalue weighted by Gasteiger charge is 2.03. The molecule has 0 N–H and O–H groups in total. The van der Waals surface area contributed by atoms with Gasteiger partial charge in [0, 0.05) is 9.43 Å². The van der Waals surface area contributed by atoms with Crippen molar-refractivity contribution in [1.82, 2.24) is 0 Å². The zero-order chi connectivity index (χ0) is 7.33. The molecular formula is C2H2N4O2S. The van der Waals surface area contributed by atoms with Gasteiger partial charge in [-0.3, -0.25) is 0 Å². The van der Waals surface area contributed by atoms with Crippen molar-refractivity contribution in [2.45, 2.75) is 0 Å². The molecule has 7 heteroatoms. The van der Waals surface area contributed by atoms with Gasteiger partial charge in [-0.25, -0.2) is 8.42 Å². The van der Waals surface area contributed by atoms with Crippen molar-refractivity contribution in [2.24, 2.45) is 4.52 Å². The zero-order valence-electron chi connectivity index (χ0n) is 4.22. The molecule has 0 aliphatic heterocycles. The van der Waals surface area contributed by atoms with Gasteiger partial charge in [0.15, 0.2) is 0 Å². The Morgan fingerprint density at radius 2 is 2.33 bits per heavy atom.